The van der Waals surface area contributed by atoms with Crippen molar-refractivity contribution in [1.29, 1.82) is 0 Å². The third-order valence-corrected chi connectivity index (χ3v) is 3.93. The Morgan fingerprint density at radius 2 is 2.03 bits per heavy atom. The van der Waals surface area contributed by atoms with Crippen LogP contribution in [0.3, 0.4) is 0 Å². The molecule has 1 aromatic carbocycles. The summed E-state index contributed by atoms with van der Waals surface area (Å²) in [6.07, 6.45) is 0.112. The Morgan fingerprint density at radius 3 is 2.62 bits per heavy atom. The highest BCUT2D eigenvalue weighted by atomic mass is 35.5. The molecule has 29 heavy (non-hydrogen) atoms. The van der Waals surface area contributed by atoms with Gasteiger partial charge >= 0.3 is 6.09 Å². The summed E-state index contributed by atoms with van der Waals surface area (Å²) >= 11 is 6.39. The van der Waals surface area contributed by atoms with Gasteiger partial charge in [-0.1, -0.05) is 23.4 Å². The molecule has 0 spiro atoms. The zero-order valence-corrected chi connectivity index (χ0v) is 18.1. The van der Waals surface area contributed by atoms with Crippen molar-refractivity contribution >= 4 is 23.6 Å². The number of benzene rings is 1. The number of rotatable bonds is 8. The first-order chi connectivity index (χ1) is 13.5. The molecular formula is C21H29ClN2O5. The molecule has 0 aromatic heterocycles. The van der Waals surface area contributed by atoms with Crippen LogP contribution in [0.15, 0.2) is 12.1 Å². The molecule has 0 bridgehead atoms. The molecule has 0 radical (unpaired) electrons. The van der Waals surface area contributed by atoms with E-state index in [-0.39, 0.29) is 19.6 Å². The Morgan fingerprint density at radius 1 is 1.34 bits per heavy atom. The minimum Gasteiger partial charge on any atom is -0.490 e. The lowest BCUT2D eigenvalue weighted by molar-refractivity contribution is -0.118. The first-order valence-electron chi connectivity index (χ1n) is 9.32. The van der Waals surface area contributed by atoms with E-state index in [1.165, 1.54) is 0 Å². The summed E-state index contributed by atoms with van der Waals surface area (Å²) in [6, 6.07) is 3.08. The zero-order chi connectivity index (χ0) is 22.0. The summed E-state index contributed by atoms with van der Waals surface area (Å²) < 4.78 is 11.1. The first-order valence-corrected chi connectivity index (χ1v) is 9.70. The maximum atomic E-state index is 12.1. The van der Waals surface area contributed by atoms with Crippen LogP contribution in [-0.4, -0.2) is 42.0 Å². The number of carbonyl (C=O) groups excluding carboxylic acids is 2. The van der Waals surface area contributed by atoms with Gasteiger partial charge in [0.15, 0.2) is 0 Å². The molecule has 0 saturated carbocycles. The molecule has 1 unspecified atom stereocenters. The van der Waals surface area contributed by atoms with Crippen LogP contribution in [0.4, 0.5) is 4.79 Å². The number of aliphatic hydroxyl groups is 1. The van der Waals surface area contributed by atoms with Gasteiger partial charge in [0.2, 0.25) is 5.91 Å². The van der Waals surface area contributed by atoms with Crippen molar-refractivity contribution in [2.45, 2.75) is 58.6 Å². The monoisotopic (exact) mass is 424 g/mol. The van der Waals surface area contributed by atoms with Crippen LogP contribution in [0, 0.1) is 18.8 Å². The number of halogens is 1. The topological polar surface area (TPSA) is 111 Å². The first kappa shape index (κ1) is 24.6. The molecule has 0 aliphatic rings. The van der Waals surface area contributed by atoms with Crippen molar-refractivity contribution in [2.75, 3.05) is 13.2 Å². The lowest BCUT2D eigenvalue weighted by atomic mass is 10.1. The third-order valence-electron chi connectivity index (χ3n) is 3.54. The molecule has 1 aromatic rings. The largest absolute Gasteiger partial charge is 0.490 e. The standard InChI is InChI=1S/C21H29ClN2O5/c1-14-11-15(7-5-6-10-25)19(22)17(12-14)28-13-16(8-9-18(23)26)24-20(27)29-21(2,3)4/h11-12,16,25H,6,8-10,13H2,1-4H3,(H2,23,26)(H,24,27). The Labute approximate surface area is 176 Å². The van der Waals surface area contributed by atoms with Crippen molar-refractivity contribution in [3.8, 4) is 17.6 Å². The number of aliphatic hydroxyl groups excluding tert-OH is 1. The number of hydrogen-bond acceptors (Lipinski definition) is 5. The molecule has 160 valence electrons. The highest BCUT2D eigenvalue weighted by Crippen LogP contribution is 2.30. The maximum absolute atomic E-state index is 12.1. The van der Waals surface area contributed by atoms with E-state index in [9.17, 15) is 9.59 Å². The van der Waals surface area contributed by atoms with E-state index < -0.39 is 23.6 Å². The van der Waals surface area contributed by atoms with Crippen molar-refractivity contribution in [3.05, 3.63) is 28.3 Å². The lowest BCUT2D eigenvalue weighted by Gasteiger charge is -2.24. The number of carbonyl (C=O) groups is 2. The van der Waals surface area contributed by atoms with Gasteiger partial charge in [0, 0.05) is 18.4 Å². The average molecular weight is 425 g/mol. The molecule has 0 saturated heterocycles. The second-order valence-electron chi connectivity index (χ2n) is 7.56. The second kappa shape index (κ2) is 11.5. The Hall–Kier alpha value is -2.43. The van der Waals surface area contributed by atoms with Crippen LogP contribution >= 0.6 is 11.6 Å². The van der Waals surface area contributed by atoms with Crippen LogP contribution in [0.25, 0.3) is 0 Å². The van der Waals surface area contributed by atoms with E-state index in [0.29, 0.717) is 29.2 Å². The number of alkyl carbamates (subject to hydrolysis) is 1. The minimum absolute atomic E-state index is 0.0301. The van der Waals surface area contributed by atoms with Gasteiger partial charge in [-0.3, -0.25) is 4.79 Å². The summed E-state index contributed by atoms with van der Waals surface area (Å²) in [5.74, 6) is 5.67. The number of nitrogens with two attached hydrogens (primary N) is 1. The molecule has 0 aliphatic heterocycles. The Balaban J connectivity index is 2.91. The van der Waals surface area contributed by atoms with Gasteiger partial charge < -0.3 is 25.6 Å². The van der Waals surface area contributed by atoms with Gasteiger partial charge in [-0.15, -0.1) is 0 Å². The van der Waals surface area contributed by atoms with Gasteiger partial charge in [-0.2, -0.15) is 0 Å². The maximum Gasteiger partial charge on any atom is 0.407 e. The molecule has 0 aliphatic carbocycles. The second-order valence-corrected chi connectivity index (χ2v) is 7.94. The average Bonchev–Trinajstić information content (AvgIpc) is 2.59. The van der Waals surface area contributed by atoms with E-state index in [0.717, 1.165) is 5.56 Å². The van der Waals surface area contributed by atoms with Gasteiger partial charge in [-0.05, 0) is 51.8 Å². The zero-order valence-electron chi connectivity index (χ0n) is 17.3. The van der Waals surface area contributed by atoms with Crippen LogP contribution in [0.1, 0.15) is 51.2 Å². The van der Waals surface area contributed by atoms with E-state index in [4.69, 9.17) is 31.9 Å². The van der Waals surface area contributed by atoms with Crippen LogP contribution in [0.2, 0.25) is 5.02 Å². The van der Waals surface area contributed by atoms with Gasteiger partial charge in [0.05, 0.1) is 17.7 Å². The number of aryl methyl sites for hydroxylation is 1. The van der Waals surface area contributed by atoms with Gasteiger partial charge in [0.1, 0.15) is 18.0 Å². The number of hydrogen-bond donors (Lipinski definition) is 3. The normalized spacial score (nSPS) is 11.8. The van der Waals surface area contributed by atoms with Crippen molar-refractivity contribution < 1.29 is 24.2 Å². The van der Waals surface area contributed by atoms with E-state index in [2.05, 4.69) is 17.2 Å². The molecule has 1 atom stereocenters. The predicted octanol–water partition coefficient (Wildman–Crippen LogP) is 2.92. The highest BCUT2D eigenvalue weighted by molar-refractivity contribution is 6.33. The SMILES string of the molecule is Cc1cc(C#CCCO)c(Cl)c(OCC(CCC(N)=O)NC(=O)OC(C)(C)C)c1. The van der Waals surface area contributed by atoms with Gasteiger partial charge in [0.25, 0.3) is 0 Å². The highest BCUT2D eigenvalue weighted by Gasteiger charge is 2.21. The lowest BCUT2D eigenvalue weighted by Crippen LogP contribution is -2.42. The third kappa shape index (κ3) is 10.1. The molecule has 1 rings (SSSR count). The van der Waals surface area contributed by atoms with Crippen molar-refractivity contribution in [3.63, 3.8) is 0 Å². The smallest absolute Gasteiger partial charge is 0.407 e. The fraction of sp³-hybridized carbons (Fsp3) is 0.524. The van der Waals surface area contributed by atoms with Crippen molar-refractivity contribution in [1.82, 2.24) is 5.32 Å². The van der Waals surface area contributed by atoms with Crippen LogP contribution in [0.5, 0.6) is 5.75 Å². The van der Waals surface area contributed by atoms with E-state index in [1.807, 2.05) is 13.0 Å². The predicted molar refractivity (Wildman–Crippen MR) is 112 cm³/mol. The number of ether oxygens (including phenoxy) is 2. The Kier molecular flexibility index (Phi) is 9.79. The fourth-order valence-corrected chi connectivity index (χ4v) is 2.53. The van der Waals surface area contributed by atoms with Crippen molar-refractivity contribution in [2.24, 2.45) is 5.73 Å². The number of amides is 2. The molecule has 7 nitrogen and oxygen atoms in total. The van der Waals surface area contributed by atoms with Crippen LogP contribution in [-0.2, 0) is 9.53 Å². The molecule has 8 heteroatoms. The molecular weight excluding hydrogens is 396 g/mol. The summed E-state index contributed by atoms with van der Waals surface area (Å²) in [4.78, 5) is 23.2. The quantitative estimate of drug-likeness (QED) is 0.555. The molecule has 4 N–H and O–H groups in total. The summed E-state index contributed by atoms with van der Waals surface area (Å²) in [5.41, 5.74) is 6.05. The van der Waals surface area contributed by atoms with Gasteiger partial charge in [-0.25, -0.2) is 4.79 Å². The van der Waals surface area contributed by atoms with E-state index in [1.54, 1.807) is 26.8 Å². The summed E-state index contributed by atoms with van der Waals surface area (Å²) in [7, 11) is 0. The fourth-order valence-electron chi connectivity index (χ4n) is 2.32. The molecule has 0 heterocycles. The summed E-state index contributed by atoms with van der Waals surface area (Å²) in [6.45, 7) is 7.19. The number of primary amides is 1. The van der Waals surface area contributed by atoms with Crippen LogP contribution < -0.4 is 15.8 Å². The Bertz CT molecular complexity index is 778. The summed E-state index contributed by atoms with van der Waals surface area (Å²) in [5, 5.41) is 11.9. The molecule has 2 amide bonds. The molecule has 0 fully saturated rings. The van der Waals surface area contributed by atoms with E-state index >= 15 is 0 Å². The minimum atomic E-state index is -0.652. The number of nitrogens with one attached hydrogen (secondary N) is 1.